The summed E-state index contributed by atoms with van der Waals surface area (Å²) in [5.74, 6) is -0.0674. The van der Waals surface area contributed by atoms with Gasteiger partial charge in [0.1, 0.15) is 0 Å². The Bertz CT molecular complexity index is 444. The third kappa shape index (κ3) is 2.96. The fraction of sp³-hybridized carbons (Fsp3) is 0.692. The molecule has 0 saturated carbocycles. The van der Waals surface area contributed by atoms with Gasteiger partial charge in [0.15, 0.2) is 0 Å². The van der Waals surface area contributed by atoms with Gasteiger partial charge in [-0.2, -0.15) is 5.10 Å². The summed E-state index contributed by atoms with van der Waals surface area (Å²) in [5, 5.41) is 13.7. The minimum Gasteiger partial charge on any atom is -0.394 e. The quantitative estimate of drug-likeness (QED) is 0.859. The predicted octanol–water partition coefficient (Wildman–Crippen LogP) is 0.435. The van der Waals surface area contributed by atoms with Gasteiger partial charge in [-0.05, 0) is 13.3 Å². The standard InChI is InChI=1S/C13H21N3O3/c1-3-4-15-7-12(10(2)14-15)13(18)16-5-6-19-9-11(16)8-17/h7,11,17H,3-6,8-9H2,1-2H3/t11-/m1/s1. The number of hydrogen-bond donors (Lipinski definition) is 1. The van der Waals surface area contributed by atoms with E-state index in [1.54, 1.807) is 15.8 Å². The second-order valence-electron chi connectivity index (χ2n) is 4.80. The Labute approximate surface area is 113 Å². The van der Waals surface area contributed by atoms with Gasteiger partial charge in [-0.25, -0.2) is 0 Å². The molecule has 0 radical (unpaired) electrons. The van der Waals surface area contributed by atoms with Crippen molar-refractivity contribution in [2.45, 2.75) is 32.9 Å². The summed E-state index contributed by atoms with van der Waals surface area (Å²) in [6.45, 7) is 6.07. The lowest BCUT2D eigenvalue weighted by Gasteiger charge is -2.34. The van der Waals surface area contributed by atoms with Crippen molar-refractivity contribution in [3.63, 3.8) is 0 Å². The van der Waals surface area contributed by atoms with E-state index in [2.05, 4.69) is 12.0 Å². The zero-order valence-corrected chi connectivity index (χ0v) is 11.5. The van der Waals surface area contributed by atoms with Crippen LogP contribution in [0.15, 0.2) is 6.20 Å². The van der Waals surface area contributed by atoms with Crippen LogP contribution in [0.2, 0.25) is 0 Å². The maximum atomic E-state index is 12.5. The third-order valence-corrected chi connectivity index (χ3v) is 3.33. The first-order chi connectivity index (χ1) is 9.17. The second kappa shape index (κ2) is 6.16. The van der Waals surface area contributed by atoms with Crippen LogP contribution in [0.4, 0.5) is 0 Å². The molecule has 1 aromatic heterocycles. The molecule has 6 nitrogen and oxygen atoms in total. The van der Waals surface area contributed by atoms with E-state index in [4.69, 9.17) is 4.74 Å². The van der Waals surface area contributed by atoms with Crippen LogP contribution in [0.3, 0.4) is 0 Å². The monoisotopic (exact) mass is 267 g/mol. The molecule has 1 fully saturated rings. The summed E-state index contributed by atoms with van der Waals surface area (Å²) < 4.78 is 7.09. The van der Waals surface area contributed by atoms with Gasteiger partial charge >= 0.3 is 0 Å². The zero-order valence-electron chi connectivity index (χ0n) is 11.5. The Hall–Kier alpha value is -1.40. The van der Waals surface area contributed by atoms with E-state index < -0.39 is 0 Å². The Balaban J connectivity index is 2.17. The Kier molecular flexibility index (Phi) is 4.55. The van der Waals surface area contributed by atoms with E-state index in [0.29, 0.717) is 25.3 Å². The number of rotatable bonds is 4. The van der Waals surface area contributed by atoms with Crippen LogP contribution in [0.5, 0.6) is 0 Å². The molecule has 2 heterocycles. The first-order valence-electron chi connectivity index (χ1n) is 6.71. The topological polar surface area (TPSA) is 67.6 Å². The van der Waals surface area contributed by atoms with Gasteiger partial charge in [-0.15, -0.1) is 0 Å². The molecule has 0 aromatic carbocycles. The van der Waals surface area contributed by atoms with Crippen molar-refractivity contribution < 1.29 is 14.6 Å². The number of hydrogen-bond acceptors (Lipinski definition) is 4. The molecule has 2 rings (SSSR count). The molecular formula is C13H21N3O3. The molecule has 19 heavy (non-hydrogen) atoms. The molecule has 0 aliphatic carbocycles. The Morgan fingerprint density at radius 1 is 1.63 bits per heavy atom. The minimum atomic E-state index is -0.254. The number of aliphatic hydroxyl groups is 1. The van der Waals surface area contributed by atoms with Crippen LogP contribution < -0.4 is 0 Å². The lowest BCUT2D eigenvalue weighted by atomic mass is 10.1. The number of aryl methyl sites for hydroxylation is 2. The normalized spacial score (nSPS) is 19.7. The molecule has 106 valence electrons. The smallest absolute Gasteiger partial charge is 0.257 e. The van der Waals surface area contributed by atoms with Crippen LogP contribution in [-0.2, 0) is 11.3 Å². The highest BCUT2D eigenvalue weighted by atomic mass is 16.5. The number of carbonyl (C=O) groups excluding carboxylic acids is 1. The van der Waals surface area contributed by atoms with E-state index in [1.807, 2.05) is 6.92 Å². The molecule has 1 atom stereocenters. The summed E-state index contributed by atoms with van der Waals surface area (Å²) >= 11 is 0. The van der Waals surface area contributed by atoms with Crippen molar-refractivity contribution in [1.82, 2.24) is 14.7 Å². The van der Waals surface area contributed by atoms with Gasteiger partial charge in [-0.3, -0.25) is 9.48 Å². The zero-order chi connectivity index (χ0) is 13.8. The molecule has 1 aliphatic heterocycles. The second-order valence-corrected chi connectivity index (χ2v) is 4.80. The molecular weight excluding hydrogens is 246 g/mol. The van der Waals surface area contributed by atoms with Crippen LogP contribution in [-0.4, -0.2) is 58.1 Å². The van der Waals surface area contributed by atoms with Crippen molar-refractivity contribution in [2.24, 2.45) is 0 Å². The van der Waals surface area contributed by atoms with Crippen molar-refractivity contribution in [3.05, 3.63) is 17.5 Å². The number of aliphatic hydroxyl groups excluding tert-OH is 1. The molecule has 0 unspecified atom stereocenters. The van der Waals surface area contributed by atoms with E-state index >= 15 is 0 Å². The number of morpholine rings is 1. The van der Waals surface area contributed by atoms with E-state index in [9.17, 15) is 9.90 Å². The van der Waals surface area contributed by atoms with Crippen LogP contribution in [0.1, 0.15) is 29.4 Å². The van der Waals surface area contributed by atoms with E-state index in [0.717, 1.165) is 18.7 Å². The van der Waals surface area contributed by atoms with E-state index in [-0.39, 0.29) is 18.6 Å². The Morgan fingerprint density at radius 3 is 3.11 bits per heavy atom. The van der Waals surface area contributed by atoms with Gasteiger partial charge in [0.25, 0.3) is 5.91 Å². The first kappa shape index (κ1) is 14.0. The average Bonchev–Trinajstić information content (AvgIpc) is 2.79. The third-order valence-electron chi connectivity index (χ3n) is 3.33. The fourth-order valence-electron chi connectivity index (χ4n) is 2.30. The summed E-state index contributed by atoms with van der Waals surface area (Å²) in [7, 11) is 0. The first-order valence-corrected chi connectivity index (χ1v) is 6.71. The van der Waals surface area contributed by atoms with Crippen molar-refractivity contribution in [3.8, 4) is 0 Å². The summed E-state index contributed by atoms with van der Waals surface area (Å²) in [4.78, 5) is 14.2. The van der Waals surface area contributed by atoms with Crippen molar-refractivity contribution in [2.75, 3.05) is 26.4 Å². The molecule has 0 spiro atoms. The highest BCUT2D eigenvalue weighted by Gasteiger charge is 2.29. The van der Waals surface area contributed by atoms with Gasteiger partial charge in [-0.1, -0.05) is 6.92 Å². The van der Waals surface area contributed by atoms with Gasteiger partial charge in [0.05, 0.1) is 37.1 Å². The SMILES string of the molecule is CCCn1cc(C(=O)N2CCOC[C@H]2CO)c(C)n1. The number of ether oxygens (including phenoxy) is 1. The molecule has 1 amide bonds. The minimum absolute atomic E-state index is 0.0674. The molecule has 1 aliphatic rings. The van der Waals surface area contributed by atoms with Crippen LogP contribution >= 0.6 is 0 Å². The highest BCUT2D eigenvalue weighted by molar-refractivity contribution is 5.95. The molecule has 0 bridgehead atoms. The predicted molar refractivity (Wildman–Crippen MR) is 70.0 cm³/mol. The van der Waals surface area contributed by atoms with Crippen LogP contribution in [0, 0.1) is 6.92 Å². The molecule has 1 aromatic rings. The molecule has 1 saturated heterocycles. The number of nitrogens with zero attached hydrogens (tertiary/aromatic N) is 3. The number of carbonyl (C=O) groups is 1. The van der Waals surface area contributed by atoms with Crippen molar-refractivity contribution >= 4 is 5.91 Å². The maximum absolute atomic E-state index is 12.5. The number of aromatic nitrogens is 2. The Morgan fingerprint density at radius 2 is 2.42 bits per heavy atom. The molecule has 6 heteroatoms. The molecule has 1 N–H and O–H groups in total. The van der Waals surface area contributed by atoms with Gasteiger partial charge < -0.3 is 14.7 Å². The van der Waals surface area contributed by atoms with E-state index in [1.165, 1.54) is 0 Å². The van der Waals surface area contributed by atoms with Gasteiger partial charge in [0.2, 0.25) is 0 Å². The highest BCUT2D eigenvalue weighted by Crippen LogP contribution is 2.15. The lowest BCUT2D eigenvalue weighted by molar-refractivity contribution is -0.0184. The summed E-state index contributed by atoms with van der Waals surface area (Å²) in [6.07, 6.45) is 2.77. The van der Waals surface area contributed by atoms with Crippen molar-refractivity contribution in [1.29, 1.82) is 0 Å². The summed E-state index contributed by atoms with van der Waals surface area (Å²) in [5.41, 5.74) is 1.36. The summed E-state index contributed by atoms with van der Waals surface area (Å²) in [6, 6.07) is -0.254. The van der Waals surface area contributed by atoms with Gasteiger partial charge in [0, 0.05) is 19.3 Å². The number of amides is 1. The fourth-order valence-corrected chi connectivity index (χ4v) is 2.30. The average molecular weight is 267 g/mol. The maximum Gasteiger partial charge on any atom is 0.257 e. The largest absolute Gasteiger partial charge is 0.394 e. The lowest BCUT2D eigenvalue weighted by Crippen LogP contribution is -2.50. The van der Waals surface area contributed by atoms with Crippen LogP contribution in [0.25, 0.3) is 0 Å².